The molecule has 0 saturated carbocycles. The third-order valence-electron chi connectivity index (χ3n) is 3.61. The standard InChI is InChI=1S/C18H16ClN3O2S/c1-3-8-22-17(15-7-9-24-12(15)2)20-21-18(22)25-11-16(23)13-5-4-6-14(19)10-13/h3-7,9-10H,1,8,11H2,2H3. The van der Waals surface area contributed by atoms with E-state index in [0.717, 1.165) is 11.3 Å². The third kappa shape index (κ3) is 3.86. The SMILES string of the molecule is C=CCn1c(SCC(=O)c2cccc(Cl)c2)nnc1-c1ccoc1C. The van der Waals surface area contributed by atoms with Gasteiger partial charge in [-0.3, -0.25) is 9.36 Å². The van der Waals surface area contributed by atoms with Gasteiger partial charge < -0.3 is 4.42 Å². The van der Waals surface area contributed by atoms with Crippen LogP contribution in [0.4, 0.5) is 0 Å². The first-order valence-corrected chi connectivity index (χ1v) is 8.96. The van der Waals surface area contributed by atoms with E-state index in [1.807, 2.05) is 17.6 Å². The number of hydrogen-bond donors (Lipinski definition) is 0. The minimum atomic E-state index is -0.0123. The molecule has 0 aliphatic heterocycles. The van der Waals surface area contributed by atoms with Crippen LogP contribution in [0.2, 0.25) is 5.02 Å². The number of carbonyl (C=O) groups excluding carboxylic acids is 1. The Balaban J connectivity index is 1.81. The van der Waals surface area contributed by atoms with Crippen molar-refractivity contribution in [1.29, 1.82) is 0 Å². The molecule has 3 rings (SSSR count). The zero-order valence-electron chi connectivity index (χ0n) is 13.6. The average molecular weight is 374 g/mol. The van der Waals surface area contributed by atoms with Gasteiger partial charge in [-0.05, 0) is 25.1 Å². The lowest BCUT2D eigenvalue weighted by molar-refractivity contribution is 0.102. The molecular formula is C18H16ClN3O2S. The molecular weight excluding hydrogens is 358 g/mol. The Hall–Kier alpha value is -2.31. The van der Waals surface area contributed by atoms with Crippen LogP contribution in [0.15, 0.2) is 58.8 Å². The molecule has 5 nitrogen and oxygen atoms in total. The molecule has 0 saturated heterocycles. The number of Topliss-reactive ketones (excluding diaryl/α,β-unsaturated/α-hetero) is 1. The molecule has 0 radical (unpaired) electrons. The van der Waals surface area contributed by atoms with E-state index >= 15 is 0 Å². The van der Waals surface area contributed by atoms with Gasteiger partial charge in [0.05, 0.1) is 17.6 Å². The van der Waals surface area contributed by atoms with Crippen molar-refractivity contribution in [3.8, 4) is 11.4 Å². The topological polar surface area (TPSA) is 60.9 Å². The fourth-order valence-electron chi connectivity index (χ4n) is 2.38. The Morgan fingerprint density at radius 2 is 2.24 bits per heavy atom. The molecule has 0 aliphatic rings. The number of benzene rings is 1. The number of ketones is 1. The van der Waals surface area contributed by atoms with Gasteiger partial charge in [0.2, 0.25) is 0 Å². The highest BCUT2D eigenvalue weighted by Gasteiger charge is 2.18. The number of carbonyl (C=O) groups is 1. The fourth-order valence-corrected chi connectivity index (χ4v) is 3.41. The summed E-state index contributed by atoms with van der Waals surface area (Å²) in [5, 5.41) is 9.68. The Bertz CT molecular complexity index is 917. The monoisotopic (exact) mass is 373 g/mol. The van der Waals surface area contributed by atoms with Crippen LogP contribution < -0.4 is 0 Å². The second kappa shape index (κ2) is 7.72. The lowest BCUT2D eigenvalue weighted by Gasteiger charge is -2.07. The van der Waals surface area contributed by atoms with Crippen LogP contribution in [-0.2, 0) is 6.54 Å². The largest absolute Gasteiger partial charge is 0.469 e. The van der Waals surface area contributed by atoms with E-state index in [1.54, 1.807) is 36.6 Å². The second-order valence-corrected chi connectivity index (χ2v) is 6.70. The molecule has 0 amide bonds. The van der Waals surface area contributed by atoms with Crippen molar-refractivity contribution in [2.75, 3.05) is 5.75 Å². The van der Waals surface area contributed by atoms with E-state index in [4.69, 9.17) is 16.0 Å². The fraction of sp³-hybridized carbons (Fsp3) is 0.167. The molecule has 128 valence electrons. The molecule has 0 unspecified atom stereocenters. The molecule has 3 aromatic rings. The van der Waals surface area contributed by atoms with Crippen LogP contribution in [0.1, 0.15) is 16.1 Å². The molecule has 2 heterocycles. The number of nitrogens with zero attached hydrogens (tertiary/aromatic N) is 3. The van der Waals surface area contributed by atoms with Crippen LogP contribution in [0.25, 0.3) is 11.4 Å². The van der Waals surface area contributed by atoms with E-state index in [9.17, 15) is 4.79 Å². The Kier molecular flexibility index (Phi) is 5.40. The summed E-state index contributed by atoms with van der Waals surface area (Å²) in [5.41, 5.74) is 1.46. The highest BCUT2D eigenvalue weighted by Crippen LogP contribution is 2.27. The molecule has 0 N–H and O–H groups in total. The van der Waals surface area contributed by atoms with Gasteiger partial charge in [-0.1, -0.05) is 41.6 Å². The number of hydrogen-bond acceptors (Lipinski definition) is 5. The van der Waals surface area contributed by atoms with Crippen molar-refractivity contribution in [2.24, 2.45) is 0 Å². The van der Waals surface area contributed by atoms with E-state index < -0.39 is 0 Å². The van der Waals surface area contributed by atoms with Crippen molar-refractivity contribution in [3.05, 3.63) is 65.6 Å². The Labute approximate surface area is 154 Å². The van der Waals surface area contributed by atoms with Gasteiger partial charge in [-0.15, -0.1) is 16.8 Å². The Morgan fingerprint density at radius 1 is 1.40 bits per heavy atom. The van der Waals surface area contributed by atoms with Crippen LogP contribution in [-0.4, -0.2) is 26.3 Å². The summed E-state index contributed by atoms with van der Waals surface area (Å²) in [4.78, 5) is 12.4. The molecule has 1 aromatic carbocycles. The lowest BCUT2D eigenvalue weighted by atomic mass is 10.1. The molecule has 25 heavy (non-hydrogen) atoms. The summed E-state index contributed by atoms with van der Waals surface area (Å²) in [6, 6.07) is 8.78. The van der Waals surface area contributed by atoms with Gasteiger partial charge in [0.15, 0.2) is 16.8 Å². The zero-order chi connectivity index (χ0) is 17.8. The number of aryl methyl sites for hydroxylation is 1. The lowest BCUT2D eigenvalue weighted by Crippen LogP contribution is -2.05. The molecule has 0 spiro atoms. The summed E-state index contributed by atoms with van der Waals surface area (Å²) in [5.74, 6) is 1.70. The van der Waals surface area contributed by atoms with Gasteiger partial charge in [-0.25, -0.2) is 0 Å². The van der Waals surface area contributed by atoms with Crippen LogP contribution >= 0.6 is 23.4 Å². The first kappa shape index (κ1) is 17.5. The Morgan fingerprint density at radius 3 is 2.92 bits per heavy atom. The van der Waals surface area contributed by atoms with E-state index in [1.165, 1.54) is 11.8 Å². The number of allylic oxidation sites excluding steroid dienone is 1. The molecule has 0 atom stereocenters. The first-order chi connectivity index (χ1) is 12.1. The summed E-state index contributed by atoms with van der Waals surface area (Å²) in [7, 11) is 0. The van der Waals surface area contributed by atoms with Crippen molar-refractivity contribution < 1.29 is 9.21 Å². The number of halogens is 1. The first-order valence-electron chi connectivity index (χ1n) is 7.60. The van der Waals surface area contributed by atoms with Crippen LogP contribution in [0.5, 0.6) is 0 Å². The molecule has 0 aliphatic carbocycles. The summed E-state index contributed by atoms with van der Waals surface area (Å²) in [6.45, 7) is 6.20. The van der Waals surface area contributed by atoms with Gasteiger partial charge in [-0.2, -0.15) is 0 Å². The summed E-state index contributed by atoms with van der Waals surface area (Å²) >= 11 is 7.28. The van der Waals surface area contributed by atoms with Crippen LogP contribution in [0.3, 0.4) is 0 Å². The predicted molar refractivity (Wildman–Crippen MR) is 99.2 cm³/mol. The van der Waals surface area contributed by atoms with Crippen molar-refractivity contribution >= 4 is 29.1 Å². The van der Waals surface area contributed by atoms with Gasteiger partial charge in [0.25, 0.3) is 0 Å². The summed E-state index contributed by atoms with van der Waals surface area (Å²) < 4.78 is 7.27. The average Bonchev–Trinajstić information content (AvgIpc) is 3.19. The maximum absolute atomic E-state index is 12.4. The predicted octanol–water partition coefficient (Wildman–Crippen LogP) is 4.66. The highest BCUT2D eigenvalue weighted by molar-refractivity contribution is 7.99. The summed E-state index contributed by atoms with van der Waals surface area (Å²) in [6.07, 6.45) is 3.39. The third-order valence-corrected chi connectivity index (χ3v) is 4.81. The second-order valence-electron chi connectivity index (χ2n) is 5.32. The maximum Gasteiger partial charge on any atom is 0.192 e. The molecule has 0 fully saturated rings. The maximum atomic E-state index is 12.4. The van der Waals surface area contributed by atoms with Gasteiger partial charge in [0, 0.05) is 17.1 Å². The van der Waals surface area contributed by atoms with E-state index in [0.29, 0.717) is 28.1 Å². The normalized spacial score (nSPS) is 10.8. The number of rotatable bonds is 7. The number of thioether (sulfide) groups is 1. The van der Waals surface area contributed by atoms with E-state index in [2.05, 4.69) is 16.8 Å². The van der Waals surface area contributed by atoms with Crippen molar-refractivity contribution in [1.82, 2.24) is 14.8 Å². The smallest absolute Gasteiger partial charge is 0.192 e. The highest BCUT2D eigenvalue weighted by atomic mass is 35.5. The number of furan rings is 1. The van der Waals surface area contributed by atoms with Gasteiger partial charge >= 0.3 is 0 Å². The van der Waals surface area contributed by atoms with E-state index in [-0.39, 0.29) is 11.5 Å². The minimum Gasteiger partial charge on any atom is -0.469 e. The van der Waals surface area contributed by atoms with Crippen molar-refractivity contribution in [3.63, 3.8) is 0 Å². The quantitative estimate of drug-likeness (QED) is 0.342. The van der Waals surface area contributed by atoms with Gasteiger partial charge in [0.1, 0.15) is 5.76 Å². The zero-order valence-corrected chi connectivity index (χ0v) is 15.2. The minimum absolute atomic E-state index is 0.0123. The number of aromatic nitrogens is 3. The molecule has 7 heteroatoms. The van der Waals surface area contributed by atoms with Crippen LogP contribution in [0, 0.1) is 6.92 Å². The molecule has 0 bridgehead atoms. The molecule has 2 aromatic heterocycles. The van der Waals surface area contributed by atoms with Crippen molar-refractivity contribution in [2.45, 2.75) is 18.6 Å².